The Morgan fingerprint density at radius 1 is 1.03 bits per heavy atom. The minimum absolute atomic E-state index is 0.332. The predicted molar refractivity (Wildman–Crippen MR) is 144 cm³/mol. The van der Waals surface area contributed by atoms with Gasteiger partial charge in [0.15, 0.2) is 22.8 Å². The van der Waals surface area contributed by atoms with E-state index < -0.39 is 5.60 Å². The molecule has 0 radical (unpaired) electrons. The van der Waals surface area contributed by atoms with E-state index in [-0.39, 0.29) is 0 Å². The molecular formula is C28H36N6O3. The van der Waals surface area contributed by atoms with Gasteiger partial charge in [-0.3, -0.25) is 4.90 Å². The summed E-state index contributed by atoms with van der Waals surface area (Å²) in [6, 6.07) is 8.05. The van der Waals surface area contributed by atoms with E-state index in [1.807, 2.05) is 39.0 Å². The minimum atomic E-state index is -0.627. The minimum Gasteiger partial charge on any atom is -0.461 e. The average molecular weight is 505 g/mol. The number of benzene rings is 1. The molecule has 5 heterocycles. The zero-order valence-corrected chi connectivity index (χ0v) is 22.2. The molecule has 1 aromatic carbocycles. The van der Waals surface area contributed by atoms with Gasteiger partial charge >= 0.3 is 0 Å². The second-order valence-corrected chi connectivity index (χ2v) is 11.0. The van der Waals surface area contributed by atoms with Crippen LogP contribution in [0.5, 0.6) is 0 Å². The average Bonchev–Trinajstić information content (AvgIpc) is 3.39. The van der Waals surface area contributed by atoms with Crippen LogP contribution in [0, 0.1) is 12.8 Å². The molecule has 0 bridgehead atoms. The summed E-state index contributed by atoms with van der Waals surface area (Å²) >= 11 is 0. The van der Waals surface area contributed by atoms with Crippen molar-refractivity contribution in [1.29, 1.82) is 0 Å². The van der Waals surface area contributed by atoms with Crippen molar-refractivity contribution in [3.05, 3.63) is 35.9 Å². The summed E-state index contributed by atoms with van der Waals surface area (Å²) in [6.07, 6.45) is 1.98. The first kappa shape index (κ1) is 24.3. The number of morpholine rings is 1. The normalized spacial score (nSPS) is 18.4. The quantitative estimate of drug-likeness (QED) is 0.437. The van der Waals surface area contributed by atoms with Gasteiger partial charge in [0.1, 0.15) is 17.2 Å². The zero-order valence-electron chi connectivity index (χ0n) is 22.2. The summed E-state index contributed by atoms with van der Waals surface area (Å²) in [5.74, 6) is 3.64. The van der Waals surface area contributed by atoms with Crippen molar-refractivity contribution in [1.82, 2.24) is 24.4 Å². The van der Waals surface area contributed by atoms with Crippen molar-refractivity contribution in [2.45, 2.75) is 45.8 Å². The van der Waals surface area contributed by atoms with Gasteiger partial charge in [-0.2, -0.15) is 0 Å². The summed E-state index contributed by atoms with van der Waals surface area (Å²) in [5.41, 5.74) is 2.81. The SMILES string of the molecule is Cc1oc2ccccc2c1-c1nc(N2CCOCC2)c2nc(CN3CCC(C(C)(C)O)CC3)n(C)c2n1. The molecule has 0 unspecified atom stereocenters. The standard InChI is InChI=1S/C28H36N6O3/c1-18-23(20-7-5-6-8-21(20)37-18)25-30-26-24(27(31-25)34-13-15-36-16-14-34)29-22(32(26)4)17-33-11-9-19(10-12-33)28(2,3)35/h5-8,19,35H,9-17H2,1-4H3. The van der Waals surface area contributed by atoms with Gasteiger partial charge in [-0.25, -0.2) is 15.0 Å². The fourth-order valence-electron chi connectivity index (χ4n) is 5.78. The number of aromatic nitrogens is 4. The smallest absolute Gasteiger partial charge is 0.168 e. The molecule has 0 saturated carbocycles. The third-order valence-electron chi connectivity index (χ3n) is 8.05. The maximum absolute atomic E-state index is 10.4. The molecule has 2 saturated heterocycles. The van der Waals surface area contributed by atoms with Crippen LogP contribution in [0.2, 0.25) is 0 Å². The van der Waals surface area contributed by atoms with Gasteiger partial charge in [0, 0.05) is 25.5 Å². The predicted octanol–water partition coefficient (Wildman–Crippen LogP) is 3.90. The Kier molecular flexibility index (Phi) is 6.17. The van der Waals surface area contributed by atoms with E-state index in [0.717, 1.165) is 90.7 Å². The first-order valence-corrected chi connectivity index (χ1v) is 13.3. The van der Waals surface area contributed by atoms with E-state index in [2.05, 4.69) is 27.5 Å². The molecule has 2 aliphatic heterocycles. The zero-order chi connectivity index (χ0) is 25.7. The highest BCUT2D eigenvalue weighted by Crippen LogP contribution is 2.36. The lowest BCUT2D eigenvalue weighted by atomic mass is 9.83. The molecule has 0 spiro atoms. The molecule has 37 heavy (non-hydrogen) atoms. The van der Waals surface area contributed by atoms with Crippen molar-refractivity contribution in [3.8, 4) is 11.4 Å². The van der Waals surface area contributed by atoms with Gasteiger partial charge in [0.05, 0.1) is 30.9 Å². The number of hydrogen-bond acceptors (Lipinski definition) is 8. The number of piperidine rings is 1. The highest BCUT2D eigenvalue weighted by molar-refractivity contribution is 5.96. The summed E-state index contributed by atoms with van der Waals surface area (Å²) in [5, 5.41) is 11.4. The van der Waals surface area contributed by atoms with Crippen LogP contribution >= 0.6 is 0 Å². The molecule has 9 heteroatoms. The Labute approximate surface area is 217 Å². The van der Waals surface area contributed by atoms with Gasteiger partial charge < -0.3 is 23.7 Å². The highest BCUT2D eigenvalue weighted by Gasteiger charge is 2.31. The number of hydrogen-bond donors (Lipinski definition) is 1. The number of imidazole rings is 1. The first-order chi connectivity index (χ1) is 17.8. The van der Waals surface area contributed by atoms with Crippen LogP contribution in [0.15, 0.2) is 28.7 Å². The summed E-state index contributed by atoms with van der Waals surface area (Å²) in [4.78, 5) is 20.0. The van der Waals surface area contributed by atoms with E-state index in [9.17, 15) is 5.11 Å². The van der Waals surface area contributed by atoms with Crippen LogP contribution in [0.4, 0.5) is 5.82 Å². The molecule has 2 fully saturated rings. The molecule has 9 nitrogen and oxygen atoms in total. The van der Waals surface area contributed by atoms with Crippen LogP contribution < -0.4 is 4.90 Å². The van der Waals surface area contributed by atoms with E-state index >= 15 is 0 Å². The van der Waals surface area contributed by atoms with Gasteiger partial charge in [-0.15, -0.1) is 0 Å². The number of nitrogens with zero attached hydrogens (tertiary/aromatic N) is 6. The number of para-hydroxylation sites is 1. The molecular weight excluding hydrogens is 468 g/mol. The highest BCUT2D eigenvalue weighted by atomic mass is 16.5. The molecule has 1 N–H and O–H groups in total. The fraction of sp³-hybridized carbons (Fsp3) is 0.536. The van der Waals surface area contributed by atoms with Crippen LogP contribution in [0.1, 0.15) is 38.3 Å². The van der Waals surface area contributed by atoms with Gasteiger partial charge in [0.2, 0.25) is 0 Å². The van der Waals surface area contributed by atoms with E-state index in [1.54, 1.807) is 0 Å². The largest absolute Gasteiger partial charge is 0.461 e. The number of aryl methyl sites for hydroxylation is 2. The first-order valence-electron chi connectivity index (χ1n) is 13.3. The van der Waals surface area contributed by atoms with Gasteiger partial charge in [-0.1, -0.05) is 18.2 Å². The molecule has 0 aliphatic carbocycles. The third-order valence-corrected chi connectivity index (χ3v) is 8.05. The third kappa shape index (κ3) is 4.49. The van der Waals surface area contributed by atoms with Crippen LogP contribution in [-0.2, 0) is 18.3 Å². The summed E-state index contributed by atoms with van der Waals surface area (Å²) in [6.45, 7) is 11.4. The monoisotopic (exact) mass is 504 g/mol. The maximum atomic E-state index is 10.4. The van der Waals surface area contributed by atoms with Crippen molar-refractivity contribution < 1.29 is 14.3 Å². The van der Waals surface area contributed by atoms with Gasteiger partial charge in [0.25, 0.3) is 0 Å². The lowest BCUT2D eigenvalue weighted by molar-refractivity contribution is -0.0139. The summed E-state index contributed by atoms with van der Waals surface area (Å²) < 4.78 is 13.8. The van der Waals surface area contributed by atoms with Crippen LogP contribution in [-0.4, -0.2) is 74.5 Å². The summed E-state index contributed by atoms with van der Waals surface area (Å²) in [7, 11) is 2.05. The number of rotatable bonds is 5. The van der Waals surface area contributed by atoms with Crippen molar-refractivity contribution >= 4 is 28.0 Å². The Morgan fingerprint density at radius 3 is 2.49 bits per heavy atom. The molecule has 3 aromatic heterocycles. The maximum Gasteiger partial charge on any atom is 0.168 e. The van der Waals surface area contributed by atoms with E-state index in [0.29, 0.717) is 25.0 Å². The molecule has 2 aliphatic rings. The molecule has 0 amide bonds. The van der Waals surface area contributed by atoms with Crippen molar-refractivity contribution in [2.24, 2.45) is 13.0 Å². The molecule has 6 rings (SSSR count). The lowest BCUT2D eigenvalue weighted by Crippen LogP contribution is -2.41. The Balaban J connectivity index is 1.40. The molecule has 196 valence electrons. The Morgan fingerprint density at radius 2 is 1.76 bits per heavy atom. The lowest BCUT2D eigenvalue weighted by Gasteiger charge is -2.37. The molecule has 0 atom stereocenters. The Bertz CT molecular complexity index is 1420. The van der Waals surface area contributed by atoms with Crippen LogP contribution in [0.3, 0.4) is 0 Å². The topological polar surface area (TPSA) is 92.7 Å². The second kappa shape index (κ2) is 9.38. The second-order valence-electron chi connectivity index (χ2n) is 11.0. The molecule has 4 aromatic rings. The van der Waals surface area contributed by atoms with Crippen molar-refractivity contribution in [3.63, 3.8) is 0 Å². The number of fused-ring (bicyclic) bond motifs is 2. The van der Waals surface area contributed by atoms with Gasteiger partial charge in [-0.05, 0) is 58.7 Å². The van der Waals surface area contributed by atoms with Crippen molar-refractivity contribution in [2.75, 3.05) is 44.3 Å². The Hall–Kier alpha value is -3.01. The number of aliphatic hydroxyl groups is 1. The van der Waals surface area contributed by atoms with Crippen LogP contribution in [0.25, 0.3) is 33.5 Å². The van der Waals surface area contributed by atoms with E-state index in [1.165, 1.54) is 0 Å². The number of anilines is 1. The number of furan rings is 1. The number of likely N-dealkylation sites (tertiary alicyclic amines) is 1. The fourth-order valence-corrected chi connectivity index (χ4v) is 5.78. The van der Waals surface area contributed by atoms with E-state index in [4.69, 9.17) is 24.1 Å². The number of ether oxygens (including phenoxy) is 1.